The first-order chi connectivity index (χ1) is 36.4. The van der Waals surface area contributed by atoms with Crippen LogP contribution in [0.15, 0.2) is 18.7 Å². The maximum atomic E-state index is 11.4. The molecule has 0 bridgehead atoms. The minimum atomic E-state index is -6.72. The molecule has 2 aromatic rings. The van der Waals surface area contributed by atoms with E-state index in [4.69, 9.17) is 0 Å². The first-order valence-electron chi connectivity index (χ1n) is 23.3. The number of aromatic nitrogens is 2. The van der Waals surface area contributed by atoms with Gasteiger partial charge in [0.2, 0.25) is 6.33 Å². The fourth-order valence-corrected chi connectivity index (χ4v) is 18.4. The van der Waals surface area contributed by atoms with E-state index in [1.807, 2.05) is 0 Å². The highest BCUT2D eigenvalue weighted by Crippen LogP contribution is 2.63. The summed E-state index contributed by atoms with van der Waals surface area (Å²) < 4.78 is 333. The molecule has 18 nitrogen and oxygen atoms in total. The van der Waals surface area contributed by atoms with Gasteiger partial charge in [-0.1, -0.05) is 34.1 Å². The van der Waals surface area contributed by atoms with E-state index in [9.17, 15) is 130 Å². The molecule has 0 N–H and O–H groups in total. The Morgan fingerprint density at radius 2 is 0.780 bits per heavy atom. The van der Waals surface area contributed by atoms with E-state index in [2.05, 4.69) is 83.4 Å². The van der Waals surface area contributed by atoms with E-state index in [0.29, 0.717) is 0 Å². The van der Waals surface area contributed by atoms with Crippen molar-refractivity contribution in [1.29, 1.82) is 0 Å². The summed E-state index contributed by atoms with van der Waals surface area (Å²) in [5, 5.41) is 0. The molecule has 484 valence electrons. The molecule has 0 atom stereocenters. The van der Waals surface area contributed by atoms with Gasteiger partial charge in [-0.2, -0.15) is 79.0 Å². The van der Waals surface area contributed by atoms with Crippen LogP contribution in [0.25, 0.3) is 12.4 Å². The second kappa shape index (κ2) is 28.8. The Morgan fingerprint density at radius 3 is 1.04 bits per heavy atom. The number of benzene rings is 1. The topological polar surface area (TPSA) is 256 Å². The summed E-state index contributed by atoms with van der Waals surface area (Å²) >= 11 is 0. The SMILES string of the molecule is CCCC[N+]1(Cc2c(C)c(Cn3cc[n+](C)c3)c(C)c(C[P+](CCC)(CCC)CCC)c2C)CCCC1.O=S(=O)([N-]S(=O)(=O)C(F)(F)F)C(F)(F)F.O=S(=O)([N-]S(=O)(=O)C(F)(F)F)C(F)(F)F.O=S(=O)([N-]S(=O)(=O)C(F)(F)F)C(F)(F)F. The third-order valence-electron chi connectivity index (χ3n) is 11.8. The fourth-order valence-electron chi connectivity index (χ4n) is 8.15. The molecule has 0 amide bonds. The number of sulfonamides is 6. The number of quaternary nitrogens is 1. The molecule has 3 rings (SSSR count). The summed E-state index contributed by atoms with van der Waals surface area (Å²) in [6.07, 6.45) is 22.0. The minimum absolute atomic E-state index is 0.778. The van der Waals surface area contributed by atoms with Crippen LogP contribution in [0.5, 0.6) is 0 Å². The standard InChI is InChI=1S/C33H59N3P.3C2F6NO4S2/c1-9-13-18-36(19-14-15-20-36)25-32-28(5)31(24-35-17-16-34(8)27-35)29(6)33(30(32)7)26-37(21-10-2,22-11-3)23-12-4;3*3-1(4,5)14(10,11)9-15(12,13)2(6,7)8/h16-17,27H,9-15,18-26H2,1-8H3;;;/q+3;3*-1. The van der Waals surface area contributed by atoms with Crippen LogP contribution in [0.1, 0.15) is 106 Å². The number of rotatable bonds is 21. The Kier molecular flexibility index (Phi) is 27.8. The fraction of sp³-hybridized carbons (Fsp3) is 0.769. The van der Waals surface area contributed by atoms with Gasteiger partial charge in [-0.3, -0.25) is 0 Å². The third kappa shape index (κ3) is 22.1. The molecule has 2 heterocycles. The smallest absolute Gasteiger partial charge is 0.421 e. The lowest BCUT2D eigenvalue weighted by molar-refractivity contribution is -0.930. The quantitative estimate of drug-likeness (QED) is 0.0489. The first kappa shape index (κ1) is 79.1. The molecular formula is C39H59F18N6O12PS6. The molecule has 0 spiro atoms. The first-order valence-corrected chi connectivity index (χ1v) is 34.4. The van der Waals surface area contributed by atoms with E-state index < -0.39 is 100 Å². The molecule has 82 heavy (non-hydrogen) atoms. The van der Waals surface area contributed by atoms with E-state index >= 15 is 0 Å². The average Bonchev–Trinajstić information content (AvgIpc) is 3.91. The van der Waals surface area contributed by atoms with Crippen molar-refractivity contribution in [3.63, 3.8) is 0 Å². The summed E-state index contributed by atoms with van der Waals surface area (Å²) in [7, 11) is -39.2. The number of nitrogens with zero attached hydrogens (tertiary/aromatic N) is 6. The number of hydrogen-bond acceptors (Lipinski definition) is 12. The highest BCUT2D eigenvalue weighted by atomic mass is 32.3. The molecule has 1 saturated heterocycles. The third-order valence-corrected chi connectivity index (χ3v) is 25.2. The Labute approximate surface area is 464 Å². The van der Waals surface area contributed by atoms with Crippen molar-refractivity contribution in [2.45, 2.75) is 146 Å². The van der Waals surface area contributed by atoms with Crippen molar-refractivity contribution in [2.24, 2.45) is 7.05 Å². The van der Waals surface area contributed by atoms with Gasteiger partial charge in [-0.25, -0.2) is 59.6 Å². The molecule has 0 aliphatic carbocycles. The van der Waals surface area contributed by atoms with Gasteiger partial charge in [0.05, 0.1) is 51.3 Å². The number of halogens is 18. The van der Waals surface area contributed by atoms with Gasteiger partial charge in [-0.15, -0.1) is 0 Å². The minimum Gasteiger partial charge on any atom is -0.421 e. The lowest BCUT2D eigenvalue weighted by Gasteiger charge is -2.37. The number of hydrogen-bond donors (Lipinski definition) is 0. The summed E-state index contributed by atoms with van der Waals surface area (Å²) in [6, 6.07) is 0. The van der Waals surface area contributed by atoms with Gasteiger partial charge < -0.3 is 16.9 Å². The lowest BCUT2D eigenvalue weighted by Crippen LogP contribution is -2.45. The monoisotopic (exact) mass is 1370 g/mol. The maximum Gasteiger partial charge on any atom is 0.480 e. The van der Waals surface area contributed by atoms with Crippen LogP contribution in [0, 0.1) is 20.8 Å². The summed E-state index contributed by atoms with van der Waals surface area (Å²) in [6.45, 7) is 23.4. The molecule has 1 aliphatic rings. The second-order valence-electron chi connectivity index (χ2n) is 18.2. The molecule has 0 unspecified atom stereocenters. The maximum absolute atomic E-state index is 11.4. The summed E-state index contributed by atoms with van der Waals surface area (Å²) in [4.78, 5) is 0. The zero-order valence-corrected chi connectivity index (χ0v) is 50.1. The van der Waals surface area contributed by atoms with Gasteiger partial charge in [0.25, 0.3) is 0 Å². The van der Waals surface area contributed by atoms with Crippen LogP contribution in [0.3, 0.4) is 0 Å². The number of imidazole rings is 1. The molecule has 1 fully saturated rings. The number of aryl methyl sites for hydroxylation is 1. The second-order valence-corrected chi connectivity index (χ2v) is 32.8. The predicted molar refractivity (Wildman–Crippen MR) is 264 cm³/mol. The summed E-state index contributed by atoms with van der Waals surface area (Å²) in [5.41, 5.74) is -27.3. The van der Waals surface area contributed by atoms with E-state index in [-0.39, 0.29) is 0 Å². The van der Waals surface area contributed by atoms with Gasteiger partial charge in [0.15, 0.2) is 60.1 Å². The van der Waals surface area contributed by atoms with Crippen molar-refractivity contribution in [2.75, 3.05) is 38.1 Å². The van der Waals surface area contributed by atoms with E-state index in [1.165, 1.54) is 100 Å². The normalized spacial score (nSPS) is 15.4. The highest BCUT2D eigenvalue weighted by Gasteiger charge is 2.50. The number of likely N-dealkylation sites (tertiary alicyclic amines) is 1. The van der Waals surface area contributed by atoms with Gasteiger partial charge in [0.1, 0.15) is 25.5 Å². The zero-order valence-electron chi connectivity index (χ0n) is 44.3. The summed E-state index contributed by atoms with van der Waals surface area (Å²) in [5.74, 6) is 0. The molecule has 0 radical (unpaired) electrons. The van der Waals surface area contributed by atoms with Crippen molar-refractivity contribution in [3.8, 4) is 0 Å². The Hall–Kier alpha value is -2.86. The van der Waals surface area contributed by atoms with Crippen LogP contribution < -0.4 is 4.57 Å². The number of unbranched alkanes of at least 4 members (excludes halogenated alkanes) is 1. The van der Waals surface area contributed by atoms with Gasteiger partial charge in [-0.05, 0) is 68.7 Å². The Balaban J connectivity index is 0.00000121. The highest BCUT2D eigenvalue weighted by molar-refractivity contribution is 8.14. The molecule has 43 heteroatoms. The van der Waals surface area contributed by atoms with Crippen molar-refractivity contribution in [1.82, 2.24) is 4.57 Å². The van der Waals surface area contributed by atoms with E-state index in [1.54, 1.807) is 33.4 Å². The van der Waals surface area contributed by atoms with Crippen LogP contribution >= 0.6 is 7.26 Å². The Bertz CT molecular complexity index is 2800. The average molecular weight is 1370 g/mol. The number of alkyl halides is 18. The molecular weight excluding hydrogens is 1310 g/mol. The van der Waals surface area contributed by atoms with Crippen molar-refractivity contribution >= 4 is 67.4 Å². The van der Waals surface area contributed by atoms with Crippen LogP contribution in [-0.2, 0) is 86.4 Å². The van der Waals surface area contributed by atoms with Crippen LogP contribution in [0.4, 0.5) is 79.0 Å². The zero-order chi connectivity index (χ0) is 65.2. The van der Waals surface area contributed by atoms with Crippen LogP contribution in [-0.4, -0.2) is 131 Å². The molecule has 0 saturated carbocycles. The largest absolute Gasteiger partial charge is 0.480 e. The van der Waals surface area contributed by atoms with Gasteiger partial charge >= 0.3 is 33.0 Å². The van der Waals surface area contributed by atoms with Gasteiger partial charge in [0, 0.05) is 31.2 Å². The Morgan fingerprint density at radius 1 is 0.488 bits per heavy atom. The predicted octanol–water partition coefficient (Wildman–Crippen LogP) is 11.1. The molecule has 1 aromatic carbocycles. The lowest BCUT2D eigenvalue weighted by atomic mass is 9.88. The molecule has 1 aromatic heterocycles. The molecule has 1 aliphatic heterocycles. The van der Waals surface area contributed by atoms with Crippen molar-refractivity contribution < 1.29 is 139 Å². The van der Waals surface area contributed by atoms with Crippen molar-refractivity contribution in [3.05, 3.63) is 64.5 Å². The van der Waals surface area contributed by atoms with E-state index in [0.717, 1.165) is 18.9 Å². The van der Waals surface area contributed by atoms with Crippen LogP contribution in [0.2, 0.25) is 0 Å².